The van der Waals surface area contributed by atoms with Gasteiger partial charge in [-0.3, -0.25) is 4.98 Å². The van der Waals surface area contributed by atoms with Gasteiger partial charge in [0.25, 0.3) is 0 Å². The Balaban J connectivity index is 2.50. The molecule has 0 saturated heterocycles. The summed E-state index contributed by atoms with van der Waals surface area (Å²) >= 11 is 7.32. The fraction of sp³-hybridized carbons (Fsp3) is 0.182. The maximum atomic E-state index is 11.4. The van der Waals surface area contributed by atoms with E-state index in [1.165, 1.54) is 18.4 Å². The minimum atomic E-state index is -0.436. The number of esters is 1. The van der Waals surface area contributed by atoms with Crippen LogP contribution in [0.25, 0.3) is 10.4 Å². The highest BCUT2D eigenvalue weighted by molar-refractivity contribution is 7.17. The monoisotopic (exact) mass is 268 g/mol. The van der Waals surface area contributed by atoms with Crippen LogP contribution in [0.5, 0.6) is 0 Å². The molecule has 0 aromatic carbocycles. The molecule has 2 aromatic heterocycles. The summed E-state index contributed by atoms with van der Waals surface area (Å²) in [7, 11) is 1.33. The van der Waals surface area contributed by atoms with Crippen LogP contribution in [-0.4, -0.2) is 23.0 Å². The van der Waals surface area contributed by atoms with Crippen LogP contribution in [0.4, 0.5) is 0 Å². The molecule has 2 heterocycles. The number of hydrogen-bond donors (Lipinski definition) is 0. The number of methoxy groups -OCH3 is 1. The van der Waals surface area contributed by atoms with Crippen molar-refractivity contribution in [3.63, 3.8) is 0 Å². The number of aromatic nitrogens is 2. The van der Waals surface area contributed by atoms with Gasteiger partial charge in [-0.25, -0.2) is 9.78 Å². The first-order chi connectivity index (χ1) is 8.13. The average Bonchev–Trinajstić information content (AvgIpc) is 2.71. The van der Waals surface area contributed by atoms with Crippen molar-refractivity contribution in [2.45, 2.75) is 6.92 Å². The topological polar surface area (TPSA) is 52.1 Å². The van der Waals surface area contributed by atoms with Gasteiger partial charge >= 0.3 is 5.97 Å². The molecule has 0 aliphatic carbocycles. The Labute approximate surface area is 107 Å². The smallest absolute Gasteiger partial charge is 0.367 e. The molecular weight excluding hydrogens is 260 g/mol. The quantitative estimate of drug-likeness (QED) is 0.786. The van der Waals surface area contributed by atoms with Gasteiger partial charge in [-0.1, -0.05) is 11.6 Å². The third-order valence-electron chi connectivity index (χ3n) is 2.17. The second-order valence-electron chi connectivity index (χ2n) is 3.28. The van der Waals surface area contributed by atoms with Gasteiger partial charge in [0.2, 0.25) is 5.01 Å². The number of thiazole rings is 1. The van der Waals surface area contributed by atoms with E-state index < -0.39 is 5.97 Å². The SMILES string of the molecule is COC(=O)c1nc(C)c(-c2ccncc2Cl)s1. The van der Waals surface area contributed by atoms with Gasteiger partial charge in [-0.2, -0.15) is 0 Å². The molecule has 0 aliphatic heterocycles. The minimum Gasteiger partial charge on any atom is -0.464 e. The first-order valence-electron chi connectivity index (χ1n) is 4.79. The van der Waals surface area contributed by atoms with Crippen LogP contribution in [0.1, 0.15) is 15.5 Å². The lowest BCUT2D eigenvalue weighted by Gasteiger charge is -2.00. The number of nitrogens with zero attached hydrogens (tertiary/aromatic N) is 2. The lowest BCUT2D eigenvalue weighted by atomic mass is 10.2. The number of rotatable bonds is 2. The third-order valence-corrected chi connectivity index (χ3v) is 3.65. The highest BCUT2D eigenvalue weighted by Crippen LogP contribution is 2.34. The highest BCUT2D eigenvalue weighted by Gasteiger charge is 2.17. The molecule has 17 heavy (non-hydrogen) atoms. The third kappa shape index (κ3) is 2.30. The van der Waals surface area contributed by atoms with E-state index in [1.54, 1.807) is 18.5 Å². The van der Waals surface area contributed by atoms with Gasteiger partial charge in [0.15, 0.2) is 0 Å². The number of aryl methyl sites for hydroxylation is 1. The molecule has 6 heteroatoms. The summed E-state index contributed by atoms with van der Waals surface area (Å²) in [6, 6.07) is 1.80. The van der Waals surface area contributed by atoms with E-state index in [4.69, 9.17) is 11.6 Å². The van der Waals surface area contributed by atoms with Crippen molar-refractivity contribution in [2.75, 3.05) is 7.11 Å². The summed E-state index contributed by atoms with van der Waals surface area (Å²) in [6.07, 6.45) is 3.21. The summed E-state index contributed by atoms with van der Waals surface area (Å²) < 4.78 is 4.63. The number of carbonyl (C=O) groups is 1. The second kappa shape index (κ2) is 4.81. The molecule has 0 bridgehead atoms. The second-order valence-corrected chi connectivity index (χ2v) is 4.69. The van der Waals surface area contributed by atoms with E-state index in [0.29, 0.717) is 10.0 Å². The Hall–Kier alpha value is -1.46. The van der Waals surface area contributed by atoms with E-state index >= 15 is 0 Å². The summed E-state index contributed by atoms with van der Waals surface area (Å²) in [5, 5.41) is 0.864. The van der Waals surface area contributed by atoms with Crippen molar-refractivity contribution in [1.29, 1.82) is 0 Å². The summed E-state index contributed by atoms with van der Waals surface area (Å²) in [6.45, 7) is 1.83. The lowest BCUT2D eigenvalue weighted by molar-refractivity contribution is 0.0600. The van der Waals surface area contributed by atoms with E-state index in [-0.39, 0.29) is 0 Å². The molecular formula is C11H9ClN2O2S. The maximum Gasteiger partial charge on any atom is 0.367 e. The predicted octanol–water partition coefficient (Wildman–Crippen LogP) is 2.95. The van der Waals surface area contributed by atoms with Crippen LogP contribution in [0.3, 0.4) is 0 Å². The molecule has 0 spiro atoms. The van der Waals surface area contributed by atoms with E-state index in [9.17, 15) is 4.79 Å². The van der Waals surface area contributed by atoms with Gasteiger partial charge in [-0.05, 0) is 13.0 Å². The maximum absolute atomic E-state index is 11.4. The summed E-state index contributed by atoms with van der Waals surface area (Å²) in [5.41, 5.74) is 1.58. The van der Waals surface area contributed by atoms with E-state index in [2.05, 4.69) is 14.7 Å². The number of halogens is 1. The van der Waals surface area contributed by atoms with Crippen LogP contribution < -0.4 is 0 Å². The highest BCUT2D eigenvalue weighted by atomic mass is 35.5. The van der Waals surface area contributed by atoms with Crippen LogP contribution >= 0.6 is 22.9 Å². The van der Waals surface area contributed by atoms with Crippen molar-refractivity contribution < 1.29 is 9.53 Å². The minimum absolute atomic E-state index is 0.327. The largest absolute Gasteiger partial charge is 0.464 e. The molecule has 0 aliphatic rings. The number of hydrogen-bond acceptors (Lipinski definition) is 5. The first-order valence-corrected chi connectivity index (χ1v) is 5.98. The molecule has 0 unspecified atom stereocenters. The van der Waals surface area contributed by atoms with Crippen molar-refractivity contribution >= 4 is 28.9 Å². The molecule has 0 atom stereocenters. The fourth-order valence-corrected chi connectivity index (χ4v) is 2.67. The van der Waals surface area contributed by atoms with Crippen molar-refractivity contribution in [3.8, 4) is 10.4 Å². The first kappa shape index (κ1) is 12.0. The van der Waals surface area contributed by atoms with Crippen molar-refractivity contribution in [3.05, 3.63) is 34.2 Å². The molecule has 2 aromatic rings. The molecule has 2 rings (SSSR count). The fourth-order valence-electron chi connectivity index (χ4n) is 1.38. The molecule has 0 amide bonds. The van der Waals surface area contributed by atoms with E-state index in [0.717, 1.165) is 16.1 Å². The van der Waals surface area contributed by atoms with Gasteiger partial charge < -0.3 is 4.74 Å². The average molecular weight is 269 g/mol. The normalized spacial score (nSPS) is 10.3. The molecule has 0 N–H and O–H groups in total. The Morgan fingerprint density at radius 3 is 2.94 bits per heavy atom. The zero-order valence-electron chi connectivity index (χ0n) is 9.23. The Morgan fingerprint density at radius 1 is 1.53 bits per heavy atom. The van der Waals surface area contributed by atoms with Crippen LogP contribution in [0, 0.1) is 6.92 Å². The molecule has 0 radical (unpaired) electrons. The molecule has 4 nitrogen and oxygen atoms in total. The number of ether oxygens (including phenoxy) is 1. The zero-order chi connectivity index (χ0) is 12.4. The zero-order valence-corrected chi connectivity index (χ0v) is 10.8. The van der Waals surface area contributed by atoms with Crippen molar-refractivity contribution in [1.82, 2.24) is 9.97 Å². The summed E-state index contributed by atoms with van der Waals surface area (Å²) in [5.74, 6) is -0.436. The molecule has 88 valence electrons. The van der Waals surface area contributed by atoms with Crippen LogP contribution in [0.2, 0.25) is 5.02 Å². The van der Waals surface area contributed by atoms with Gasteiger partial charge in [0.1, 0.15) is 0 Å². The Bertz CT molecular complexity index is 568. The van der Waals surface area contributed by atoms with Crippen LogP contribution in [0.15, 0.2) is 18.5 Å². The number of pyridine rings is 1. The molecule has 0 fully saturated rings. The number of carbonyl (C=O) groups excluding carboxylic acids is 1. The van der Waals surface area contributed by atoms with E-state index in [1.807, 2.05) is 6.92 Å². The predicted molar refractivity (Wildman–Crippen MR) is 66.4 cm³/mol. The van der Waals surface area contributed by atoms with Gasteiger partial charge in [0.05, 0.1) is 22.7 Å². The van der Waals surface area contributed by atoms with Crippen molar-refractivity contribution in [2.24, 2.45) is 0 Å². The summed E-state index contributed by atoms with van der Waals surface area (Å²) in [4.78, 5) is 20.3. The molecule has 0 saturated carbocycles. The standard InChI is InChI=1S/C11H9ClN2O2S/c1-6-9(7-3-4-13-5-8(7)12)17-10(14-6)11(15)16-2/h3-5H,1-2H3. The Kier molecular flexibility index (Phi) is 3.40. The lowest BCUT2D eigenvalue weighted by Crippen LogP contribution is -1.99. The van der Waals surface area contributed by atoms with Crippen LogP contribution in [-0.2, 0) is 4.74 Å². The van der Waals surface area contributed by atoms with Gasteiger partial charge in [0, 0.05) is 18.0 Å². The Morgan fingerprint density at radius 2 is 2.29 bits per heavy atom. The van der Waals surface area contributed by atoms with Gasteiger partial charge in [-0.15, -0.1) is 11.3 Å².